The van der Waals surface area contributed by atoms with Crippen LogP contribution in [0.4, 0.5) is 18.0 Å². The molecule has 2 aliphatic rings. The van der Waals surface area contributed by atoms with E-state index >= 15 is 0 Å². The molecule has 35 heavy (non-hydrogen) atoms. The van der Waals surface area contributed by atoms with E-state index in [1.165, 1.54) is 19.2 Å². The minimum atomic E-state index is -4.53. The highest BCUT2D eigenvalue weighted by molar-refractivity contribution is 6.33. The van der Waals surface area contributed by atoms with E-state index in [0.717, 1.165) is 10.7 Å². The van der Waals surface area contributed by atoms with Crippen molar-refractivity contribution < 1.29 is 22.8 Å². The van der Waals surface area contributed by atoms with Crippen LogP contribution in [-0.4, -0.2) is 78.2 Å². The largest absolute Gasteiger partial charge is 0.416 e. The number of fused-ring (bicyclic) bond motifs is 1. The normalized spacial score (nSPS) is 20.4. The Kier molecular flexibility index (Phi) is 5.83. The second-order valence-corrected chi connectivity index (χ2v) is 9.25. The number of carbonyl (C=O) groups excluding carboxylic acids is 2. The van der Waals surface area contributed by atoms with E-state index in [0.29, 0.717) is 26.2 Å². The van der Waals surface area contributed by atoms with Crippen molar-refractivity contribution in [3.63, 3.8) is 0 Å². The molecule has 2 saturated heterocycles. The molecule has 5 rings (SSSR count). The summed E-state index contributed by atoms with van der Waals surface area (Å²) >= 11 is 5.99. The number of benzene rings is 1. The molecule has 0 bridgehead atoms. The average Bonchev–Trinajstić information content (AvgIpc) is 3.56. The molecule has 1 aromatic carbocycles. The first kappa shape index (κ1) is 23.4. The fourth-order valence-electron chi connectivity index (χ4n) is 4.86. The second kappa shape index (κ2) is 8.72. The van der Waals surface area contributed by atoms with E-state index in [4.69, 9.17) is 11.6 Å². The van der Waals surface area contributed by atoms with Crippen LogP contribution < -0.4 is 0 Å². The molecule has 2 atom stereocenters. The van der Waals surface area contributed by atoms with E-state index in [9.17, 15) is 22.8 Å². The molecule has 2 unspecified atom stereocenters. The topological polar surface area (TPSA) is 113 Å². The van der Waals surface area contributed by atoms with Crippen molar-refractivity contribution in [2.45, 2.75) is 19.6 Å². The maximum Gasteiger partial charge on any atom is 0.416 e. The summed E-state index contributed by atoms with van der Waals surface area (Å²) in [5, 5.41) is 17.1. The Labute approximate surface area is 202 Å². The minimum Gasteiger partial charge on any atom is -0.322 e. The van der Waals surface area contributed by atoms with E-state index in [1.54, 1.807) is 11.0 Å². The quantitative estimate of drug-likeness (QED) is 0.539. The predicted octanol–water partition coefficient (Wildman–Crippen LogP) is 2.97. The number of Topliss-reactive ketones (excluding diaryl/α,β-unsaturated/α-hetero) is 1. The van der Waals surface area contributed by atoms with Gasteiger partial charge in [0.05, 0.1) is 16.8 Å². The van der Waals surface area contributed by atoms with Gasteiger partial charge in [0.25, 0.3) is 0 Å². The summed E-state index contributed by atoms with van der Waals surface area (Å²) in [5.74, 6) is 0.0907. The first-order valence-electron chi connectivity index (χ1n) is 10.8. The maximum absolute atomic E-state index is 13.8. The number of likely N-dealkylation sites (tertiary alicyclic amines) is 2. The first-order valence-corrected chi connectivity index (χ1v) is 11.2. The Morgan fingerprint density at radius 1 is 1.17 bits per heavy atom. The summed E-state index contributed by atoms with van der Waals surface area (Å²) in [6, 6.07) is 3.70. The molecule has 2 aliphatic heterocycles. The van der Waals surface area contributed by atoms with Gasteiger partial charge in [-0.3, -0.25) is 9.69 Å². The Hall–Kier alpha value is -3.32. The number of carbonyl (C=O) groups is 2. The van der Waals surface area contributed by atoms with Crippen LogP contribution in [-0.2, 0) is 12.7 Å². The summed E-state index contributed by atoms with van der Waals surface area (Å²) in [6.45, 7) is 3.51. The summed E-state index contributed by atoms with van der Waals surface area (Å²) in [4.78, 5) is 28.0. The molecular weight excluding hydrogens is 489 g/mol. The summed E-state index contributed by atoms with van der Waals surface area (Å²) in [7, 11) is 0. The number of H-pyrrole nitrogens is 1. The van der Waals surface area contributed by atoms with Crippen molar-refractivity contribution in [3.8, 4) is 11.4 Å². The highest BCUT2D eigenvalue weighted by Crippen LogP contribution is 2.37. The van der Waals surface area contributed by atoms with E-state index in [2.05, 4.69) is 25.7 Å². The zero-order chi connectivity index (χ0) is 24.9. The first-order chi connectivity index (χ1) is 16.6. The molecule has 1 N–H and O–H groups in total. The van der Waals surface area contributed by atoms with E-state index in [-0.39, 0.29) is 57.9 Å². The van der Waals surface area contributed by atoms with Crippen LogP contribution in [0.5, 0.6) is 0 Å². The number of nitrogens with zero attached hydrogens (tertiary/aromatic N) is 7. The van der Waals surface area contributed by atoms with Crippen molar-refractivity contribution in [3.05, 3.63) is 46.2 Å². The maximum atomic E-state index is 13.8. The van der Waals surface area contributed by atoms with Crippen molar-refractivity contribution in [1.82, 2.24) is 40.2 Å². The lowest BCUT2D eigenvalue weighted by Gasteiger charge is -2.23. The Bertz CT molecular complexity index is 1260. The Morgan fingerprint density at radius 3 is 2.46 bits per heavy atom. The zero-order valence-electron chi connectivity index (χ0n) is 18.5. The number of ketones is 1. The van der Waals surface area contributed by atoms with Gasteiger partial charge >= 0.3 is 12.2 Å². The number of aromatic nitrogens is 6. The monoisotopic (exact) mass is 508 g/mol. The van der Waals surface area contributed by atoms with Crippen molar-refractivity contribution >= 4 is 23.4 Å². The third-order valence-corrected chi connectivity index (χ3v) is 6.74. The van der Waals surface area contributed by atoms with Crippen LogP contribution in [0, 0.1) is 11.8 Å². The van der Waals surface area contributed by atoms with Crippen molar-refractivity contribution in [1.29, 1.82) is 0 Å². The molecule has 0 aliphatic carbocycles. The molecule has 0 radical (unpaired) electrons. The van der Waals surface area contributed by atoms with Gasteiger partial charge in [0, 0.05) is 45.2 Å². The van der Waals surface area contributed by atoms with Gasteiger partial charge in [-0.1, -0.05) is 23.7 Å². The molecule has 14 heteroatoms. The number of amides is 1. The molecule has 3 aromatic rings. The number of rotatable bonds is 4. The molecule has 4 heterocycles. The van der Waals surface area contributed by atoms with Crippen molar-refractivity contribution in [2.75, 3.05) is 26.2 Å². The minimum absolute atomic E-state index is 0.0386. The number of hydrogen-bond acceptors (Lipinski definition) is 7. The van der Waals surface area contributed by atoms with Gasteiger partial charge in [-0.2, -0.15) is 23.0 Å². The van der Waals surface area contributed by atoms with Gasteiger partial charge in [0.15, 0.2) is 11.6 Å². The van der Waals surface area contributed by atoms with Gasteiger partial charge < -0.3 is 4.90 Å². The smallest absolute Gasteiger partial charge is 0.322 e. The molecule has 0 saturated carbocycles. The van der Waals surface area contributed by atoms with Gasteiger partial charge in [-0.25, -0.2) is 9.89 Å². The fraction of sp³-hybridized carbons (Fsp3) is 0.429. The van der Waals surface area contributed by atoms with Gasteiger partial charge in [0.1, 0.15) is 5.69 Å². The standard InChI is InChI=1S/C21H20ClF3N8O2/c1-11(34)18-17(22)10-33(28-18)20(35)32-8-14-6-31(7-15(14)9-32)5-13-3-2-12(19-26-29-30-27-19)4-16(13)21(23,24)25/h2-4,10,14-15H,5-9H2,1H3,(H,26,27,29,30). The Balaban J connectivity index is 1.26. The zero-order valence-corrected chi connectivity index (χ0v) is 19.2. The van der Waals surface area contributed by atoms with Crippen LogP contribution in [0.3, 0.4) is 0 Å². The molecule has 1 amide bonds. The van der Waals surface area contributed by atoms with E-state index < -0.39 is 11.7 Å². The van der Waals surface area contributed by atoms with Gasteiger partial charge in [-0.05, 0) is 33.9 Å². The lowest BCUT2D eigenvalue weighted by atomic mass is 10.0. The SMILES string of the molecule is CC(=O)c1nn(C(=O)N2CC3CN(Cc4ccc(-c5nnn[nH]5)cc4C(F)(F)F)CC3C2)cc1Cl. The number of hydrogen-bond donors (Lipinski definition) is 1. The predicted molar refractivity (Wildman–Crippen MR) is 116 cm³/mol. The highest BCUT2D eigenvalue weighted by Gasteiger charge is 2.43. The highest BCUT2D eigenvalue weighted by atomic mass is 35.5. The average molecular weight is 509 g/mol. The van der Waals surface area contributed by atoms with Gasteiger partial charge in [0.2, 0.25) is 0 Å². The van der Waals surface area contributed by atoms with Crippen LogP contribution >= 0.6 is 11.6 Å². The third kappa shape index (κ3) is 4.52. The van der Waals surface area contributed by atoms with E-state index in [1.807, 2.05) is 4.90 Å². The summed E-state index contributed by atoms with van der Waals surface area (Å²) in [5.41, 5.74) is -0.261. The fourth-order valence-corrected chi connectivity index (χ4v) is 5.12. The van der Waals surface area contributed by atoms with Crippen molar-refractivity contribution in [2.24, 2.45) is 11.8 Å². The van der Waals surface area contributed by atoms with Crippen LogP contribution in [0.15, 0.2) is 24.4 Å². The number of halogens is 4. The Morgan fingerprint density at radius 2 is 1.89 bits per heavy atom. The van der Waals surface area contributed by atoms with Crippen LogP contribution in [0.2, 0.25) is 5.02 Å². The van der Waals surface area contributed by atoms with Crippen LogP contribution in [0.25, 0.3) is 11.4 Å². The third-order valence-electron chi connectivity index (χ3n) is 6.46. The van der Waals surface area contributed by atoms with Crippen LogP contribution in [0.1, 0.15) is 28.5 Å². The number of nitrogens with one attached hydrogen (secondary N) is 1. The summed E-state index contributed by atoms with van der Waals surface area (Å²) in [6.07, 6.45) is -3.21. The molecule has 184 valence electrons. The lowest BCUT2D eigenvalue weighted by molar-refractivity contribution is -0.138. The molecule has 10 nitrogen and oxygen atoms in total. The molecular formula is C21H20ClF3N8O2. The second-order valence-electron chi connectivity index (χ2n) is 8.85. The lowest BCUT2D eigenvalue weighted by Crippen LogP contribution is -2.36. The molecule has 2 fully saturated rings. The van der Waals surface area contributed by atoms with Gasteiger partial charge in [-0.15, -0.1) is 5.10 Å². The molecule has 0 spiro atoms. The number of aromatic amines is 1. The molecule has 2 aromatic heterocycles. The number of alkyl halides is 3. The number of tetrazole rings is 1. The summed E-state index contributed by atoms with van der Waals surface area (Å²) < 4.78 is 42.4.